The summed E-state index contributed by atoms with van der Waals surface area (Å²) in [5.74, 6) is 0.467. The quantitative estimate of drug-likeness (QED) is 0.869. The summed E-state index contributed by atoms with van der Waals surface area (Å²) < 4.78 is 10.8. The fourth-order valence-corrected chi connectivity index (χ4v) is 2.50. The van der Waals surface area contributed by atoms with Crippen molar-refractivity contribution in [3.8, 4) is 0 Å². The van der Waals surface area contributed by atoms with Gasteiger partial charge in [0, 0.05) is 19.3 Å². The number of ether oxygens (including phenoxy) is 1. The number of hydrogen-bond donors (Lipinski definition) is 2. The van der Waals surface area contributed by atoms with Crippen molar-refractivity contribution in [2.24, 2.45) is 0 Å². The summed E-state index contributed by atoms with van der Waals surface area (Å²) in [6, 6.07) is 1.59. The molecule has 1 fully saturated rings. The largest absolute Gasteiger partial charge is 0.448 e. The lowest BCUT2D eigenvalue weighted by molar-refractivity contribution is 0.00642. The molecular formula is C16H21N5O4. The van der Waals surface area contributed by atoms with Crippen molar-refractivity contribution >= 4 is 12.0 Å². The summed E-state index contributed by atoms with van der Waals surface area (Å²) in [6.45, 7) is 6.75. The molecule has 1 aliphatic heterocycles. The van der Waals surface area contributed by atoms with Crippen LogP contribution in [0.15, 0.2) is 23.1 Å². The van der Waals surface area contributed by atoms with Crippen molar-refractivity contribution in [3.63, 3.8) is 0 Å². The molecule has 1 aliphatic rings. The Kier molecular flexibility index (Phi) is 4.47. The van der Waals surface area contributed by atoms with Crippen LogP contribution in [0.25, 0.3) is 0 Å². The van der Waals surface area contributed by atoms with Crippen LogP contribution >= 0.6 is 0 Å². The third-order valence-electron chi connectivity index (χ3n) is 3.74. The first-order valence-corrected chi connectivity index (χ1v) is 8.01. The number of carbonyl (C=O) groups is 2. The van der Waals surface area contributed by atoms with Gasteiger partial charge in [-0.25, -0.2) is 9.78 Å². The minimum atomic E-state index is -0.517. The average molecular weight is 347 g/mol. The number of H-pyrrole nitrogens is 1. The minimum Gasteiger partial charge on any atom is -0.448 e. The maximum Gasteiger partial charge on any atom is 0.410 e. The van der Waals surface area contributed by atoms with Gasteiger partial charge >= 0.3 is 6.09 Å². The summed E-state index contributed by atoms with van der Waals surface area (Å²) in [4.78, 5) is 29.7. The van der Waals surface area contributed by atoms with Crippen molar-refractivity contribution in [2.75, 3.05) is 13.1 Å². The van der Waals surface area contributed by atoms with E-state index in [4.69, 9.17) is 9.15 Å². The fourth-order valence-electron chi connectivity index (χ4n) is 2.50. The van der Waals surface area contributed by atoms with Gasteiger partial charge < -0.3 is 19.4 Å². The molecule has 0 unspecified atom stereocenters. The maximum absolute atomic E-state index is 12.0. The number of carbonyl (C=O) groups excluding carboxylic acids is 2. The monoisotopic (exact) mass is 347 g/mol. The van der Waals surface area contributed by atoms with Crippen LogP contribution in [-0.4, -0.2) is 50.8 Å². The van der Waals surface area contributed by atoms with Gasteiger partial charge in [0.25, 0.3) is 5.91 Å². The van der Waals surface area contributed by atoms with Crippen LogP contribution in [-0.2, 0) is 11.3 Å². The second-order valence-corrected chi connectivity index (χ2v) is 6.90. The molecule has 0 aromatic carbocycles. The average Bonchev–Trinajstić information content (AvgIpc) is 3.13. The standard InChI is InChI=1S/C16H21N5O4/c1-16(2,3)25-15(23)21-7-10(8-21)13-12(18-9-24-13)6-17-14(22)11-4-5-19-20-11/h4-5,9-10H,6-8H2,1-3H3,(H,17,22)(H,19,20). The topological polar surface area (TPSA) is 113 Å². The molecule has 0 spiro atoms. The number of nitrogens with one attached hydrogen (secondary N) is 2. The molecular weight excluding hydrogens is 326 g/mol. The van der Waals surface area contributed by atoms with Crippen LogP contribution in [0.2, 0.25) is 0 Å². The SMILES string of the molecule is CC(C)(C)OC(=O)N1CC(c2ocnc2CNC(=O)c2ccn[nH]2)C1. The zero-order chi connectivity index (χ0) is 18.0. The van der Waals surface area contributed by atoms with E-state index in [9.17, 15) is 9.59 Å². The number of likely N-dealkylation sites (tertiary alicyclic amines) is 1. The number of rotatable bonds is 4. The van der Waals surface area contributed by atoms with Gasteiger partial charge in [-0.05, 0) is 26.8 Å². The number of aromatic nitrogens is 3. The Labute approximate surface area is 144 Å². The van der Waals surface area contributed by atoms with E-state index in [0.717, 1.165) is 0 Å². The first-order chi connectivity index (χ1) is 11.8. The predicted molar refractivity (Wildman–Crippen MR) is 86.8 cm³/mol. The molecule has 1 saturated heterocycles. The lowest BCUT2D eigenvalue weighted by Crippen LogP contribution is -2.50. The molecule has 2 amide bonds. The molecule has 2 aromatic rings. The van der Waals surface area contributed by atoms with E-state index in [1.54, 1.807) is 11.0 Å². The van der Waals surface area contributed by atoms with Crippen molar-refractivity contribution < 1.29 is 18.7 Å². The van der Waals surface area contributed by atoms with Gasteiger partial charge in [0.15, 0.2) is 6.39 Å². The summed E-state index contributed by atoms with van der Waals surface area (Å²) >= 11 is 0. The Balaban J connectivity index is 1.53. The van der Waals surface area contributed by atoms with Crippen LogP contribution in [0.4, 0.5) is 4.79 Å². The van der Waals surface area contributed by atoms with Gasteiger partial charge in [-0.3, -0.25) is 9.89 Å². The Morgan fingerprint density at radius 1 is 1.44 bits per heavy atom. The molecule has 2 aromatic heterocycles. The highest BCUT2D eigenvalue weighted by Crippen LogP contribution is 2.30. The smallest absolute Gasteiger partial charge is 0.410 e. The van der Waals surface area contributed by atoms with Crippen molar-refractivity contribution in [1.29, 1.82) is 0 Å². The predicted octanol–water partition coefficient (Wildman–Crippen LogP) is 1.66. The van der Waals surface area contributed by atoms with E-state index in [0.29, 0.717) is 30.2 Å². The molecule has 9 heteroatoms. The molecule has 3 heterocycles. The Morgan fingerprint density at radius 3 is 2.84 bits per heavy atom. The van der Waals surface area contributed by atoms with Crippen molar-refractivity contribution in [3.05, 3.63) is 35.8 Å². The van der Waals surface area contributed by atoms with E-state index in [2.05, 4.69) is 20.5 Å². The van der Waals surface area contributed by atoms with E-state index in [1.807, 2.05) is 20.8 Å². The van der Waals surface area contributed by atoms with E-state index >= 15 is 0 Å². The Hall–Kier alpha value is -2.84. The van der Waals surface area contributed by atoms with E-state index in [1.165, 1.54) is 12.6 Å². The first kappa shape index (κ1) is 17.0. The second kappa shape index (κ2) is 6.58. The van der Waals surface area contributed by atoms with Gasteiger partial charge in [-0.15, -0.1) is 0 Å². The van der Waals surface area contributed by atoms with Crippen molar-refractivity contribution in [1.82, 2.24) is 25.4 Å². The van der Waals surface area contributed by atoms with E-state index in [-0.39, 0.29) is 24.5 Å². The van der Waals surface area contributed by atoms with Gasteiger partial charge in [-0.1, -0.05) is 0 Å². The van der Waals surface area contributed by atoms with Crippen LogP contribution in [0.1, 0.15) is 48.6 Å². The highest BCUT2D eigenvalue weighted by Gasteiger charge is 2.37. The zero-order valence-electron chi connectivity index (χ0n) is 14.4. The Bertz CT molecular complexity index is 741. The van der Waals surface area contributed by atoms with Crippen molar-refractivity contribution in [2.45, 2.75) is 38.8 Å². The third-order valence-corrected chi connectivity index (χ3v) is 3.74. The van der Waals surface area contributed by atoms with Crippen LogP contribution < -0.4 is 5.32 Å². The lowest BCUT2D eigenvalue weighted by Gasteiger charge is -2.38. The molecule has 9 nitrogen and oxygen atoms in total. The molecule has 0 bridgehead atoms. The number of aromatic amines is 1. The van der Waals surface area contributed by atoms with Crippen LogP contribution in [0.3, 0.4) is 0 Å². The summed E-state index contributed by atoms with van der Waals surface area (Å²) in [5.41, 5.74) is 0.516. The number of nitrogens with zero attached hydrogens (tertiary/aromatic N) is 3. The molecule has 0 radical (unpaired) electrons. The normalized spacial score (nSPS) is 14.9. The van der Waals surface area contributed by atoms with E-state index < -0.39 is 5.60 Å². The summed E-state index contributed by atoms with van der Waals surface area (Å²) in [7, 11) is 0. The van der Waals surface area contributed by atoms with Crippen LogP contribution in [0, 0.1) is 0 Å². The molecule has 0 aliphatic carbocycles. The second-order valence-electron chi connectivity index (χ2n) is 6.90. The first-order valence-electron chi connectivity index (χ1n) is 8.01. The lowest BCUT2D eigenvalue weighted by atomic mass is 9.96. The molecule has 0 saturated carbocycles. The minimum absolute atomic E-state index is 0.0501. The Morgan fingerprint density at radius 2 is 2.20 bits per heavy atom. The molecule has 25 heavy (non-hydrogen) atoms. The molecule has 134 valence electrons. The third kappa shape index (κ3) is 3.98. The van der Waals surface area contributed by atoms with Gasteiger partial charge in [-0.2, -0.15) is 5.10 Å². The summed E-state index contributed by atoms with van der Waals surface area (Å²) in [6.07, 6.45) is 2.52. The number of hydrogen-bond acceptors (Lipinski definition) is 6. The van der Waals surface area contributed by atoms with Gasteiger partial charge in [0.2, 0.25) is 0 Å². The number of oxazole rings is 1. The zero-order valence-corrected chi connectivity index (χ0v) is 14.4. The molecule has 3 rings (SSSR count). The summed E-state index contributed by atoms with van der Waals surface area (Å²) in [5, 5.41) is 9.09. The fraction of sp³-hybridized carbons (Fsp3) is 0.500. The highest BCUT2D eigenvalue weighted by molar-refractivity contribution is 5.91. The van der Waals surface area contributed by atoms with Gasteiger partial charge in [0.1, 0.15) is 22.7 Å². The number of amides is 2. The van der Waals surface area contributed by atoms with Crippen LogP contribution in [0.5, 0.6) is 0 Å². The molecule has 2 N–H and O–H groups in total. The highest BCUT2D eigenvalue weighted by atomic mass is 16.6. The molecule has 0 atom stereocenters. The van der Waals surface area contributed by atoms with Gasteiger partial charge in [0.05, 0.1) is 12.5 Å². The maximum atomic E-state index is 12.0.